The molecule has 4 N–H and O–H groups in total. The molecule has 2 amide bonds. The third-order valence-corrected chi connectivity index (χ3v) is 3.41. The molecule has 1 rings (SSSR count). The van der Waals surface area contributed by atoms with Crippen LogP contribution in [-0.2, 0) is 9.53 Å². The van der Waals surface area contributed by atoms with E-state index in [0.717, 1.165) is 19.3 Å². The SMILES string of the molecule is COCCC1(CNC(=O)NCCC(O)C(=O)O)CC1. The second-order valence-corrected chi connectivity index (χ2v) is 4.99. The Morgan fingerprint density at radius 1 is 1.37 bits per heavy atom. The molecule has 1 saturated carbocycles. The van der Waals surface area contributed by atoms with E-state index in [2.05, 4.69) is 10.6 Å². The van der Waals surface area contributed by atoms with Gasteiger partial charge in [0.05, 0.1) is 0 Å². The lowest BCUT2D eigenvalue weighted by Crippen LogP contribution is -2.40. The summed E-state index contributed by atoms with van der Waals surface area (Å²) in [6, 6.07) is -0.332. The van der Waals surface area contributed by atoms with E-state index >= 15 is 0 Å². The average molecular weight is 274 g/mol. The number of aliphatic carboxylic acids is 1. The first-order chi connectivity index (χ1) is 8.99. The minimum atomic E-state index is -1.43. The van der Waals surface area contributed by atoms with Crippen molar-refractivity contribution in [1.82, 2.24) is 10.6 Å². The maximum absolute atomic E-state index is 11.5. The van der Waals surface area contributed by atoms with E-state index in [1.54, 1.807) is 7.11 Å². The summed E-state index contributed by atoms with van der Waals surface area (Å²) in [4.78, 5) is 21.8. The van der Waals surface area contributed by atoms with Crippen LogP contribution in [0, 0.1) is 5.41 Å². The molecule has 110 valence electrons. The molecular formula is C12H22N2O5. The quantitative estimate of drug-likeness (QED) is 0.471. The summed E-state index contributed by atoms with van der Waals surface area (Å²) >= 11 is 0. The first-order valence-corrected chi connectivity index (χ1v) is 6.41. The van der Waals surface area contributed by atoms with Crippen molar-refractivity contribution in [3.63, 3.8) is 0 Å². The van der Waals surface area contributed by atoms with Crippen LogP contribution in [-0.4, -0.2) is 55.1 Å². The molecule has 1 atom stereocenters. The van der Waals surface area contributed by atoms with Crippen molar-refractivity contribution in [2.45, 2.75) is 31.8 Å². The highest BCUT2D eigenvalue weighted by molar-refractivity contribution is 5.74. The summed E-state index contributed by atoms with van der Waals surface area (Å²) in [6.45, 7) is 1.42. The predicted molar refractivity (Wildman–Crippen MR) is 67.8 cm³/mol. The largest absolute Gasteiger partial charge is 0.479 e. The van der Waals surface area contributed by atoms with E-state index in [0.29, 0.717) is 13.2 Å². The van der Waals surface area contributed by atoms with Crippen LogP contribution in [0.1, 0.15) is 25.7 Å². The molecular weight excluding hydrogens is 252 g/mol. The number of hydrogen-bond acceptors (Lipinski definition) is 4. The van der Waals surface area contributed by atoms with E-state index in [-0.39, 0.29) is 24.4 Å². The van der Waals surface area contributed by atoms with Gasteiger partial charge in [-0.05, 0) is 24.7 Å². The van der Waals surface area contributed by atoms with Gasteiger partial charge in [0, 0.05) is 33.2 Å². The third-order valence-electron chi connectivity index (χ3n) is 3.41. The number of nitrogens with one attached hydrogen (secondary N) is 2. The van der Waals surface area contributed by atoms with Crippen molar-refractivity contribution < 1.29 is 24.5 Å². The topological polar surface area (TPSA) is 108 Å². The number of carboxylic acids is 1. The minimum Gasteiger partial charge on any atom is -0.479 e. The van der Waals surface area contributed by atoms with Crippen LogP contribution < -0.4 is 10.6 Å². The van der Waals surface area contributed by atoms with Crippen molar-refractivity contribution in [2.24, 2.45) is 5.41 Å². The number of amides is 2. The van der Waals surface area contributed by atoms with Crippen LogP contribution in [0.5, 0.6) is 0 Å². The Kier molecular flexibility index (Phi) is 6.04. The van der Waals surface area contributed by atoms with Crippen LogP contribution >= 0.6 is 0 Å². The molecule has 19 heavy (non-hydrogen) atoms. The molecule has 0 heterocycles. The smallest absolute Gasteiger partial charge is 0.332 e. The zero-order valence-electron chi connectivity index (χ0n) is 11.1. The van der Waals surface area contributed by atoms with Gasteiger partial charge in [0.1, 0.15) is 0 Å². The van der Waals surface area contributed by atoms with E-state index in [1.807, 2.05) is 0 Å². The van der Waals surface area contributed by atoms with Crippen molar-refractivity contribution >= 4 is 12.0 Å². The van der Waals surface area contributed by atoms with Crippen LogP contribution in [0.4, 0.5) is 4.79 Å². The van der Waals surface area contributed by atoms with Gasteiger partial charge in [0.25, 0.3) is 0 Å². The molecule has 0 aromatic rings. The summed E-state index contributed by atoms with van der Waals surface area (Å²) < 4.78 is 5.03. The van der Waals surface area contributed by atoms with Crippen molar-refractivity contribution in [3.05, 3.63) is 0 Å². The Morgan fingerprint density at radius 2 is 2.05 bits per heavy atom. The Hall–Kier alpha value is -1.34. The molecule has 0 saturated heterocycles. The number of urea groups is 1. The lowest BCUT2D eigenvalue weighted by molar-refractivity contribution is -0.146. The second-order valence-electron chi connectivity index (χ2n) is 4.99. The monoisotopic (exact) mass is 274 g/mol. The fourth-order valence-electron chi connectivity index (χ4n) is 1.79. The molecule has 0 radical (unpaired) electrons. The van der Waals surface area contributed by atoms with Gasteiger partial charge < -0.3 is 25.6 Å². The van der Waals surface area contributed by atoms with Crippen LogP contribution in [0.25, 0.3) is 0 Å². The van der Waals surface area contributed by atoms with Gasteiger partial charge in [-0.1, -0.05) is 0 Å². The van der Waals surface area contributed by atoms with Crippen molar-refractivity contribution in [3.8, 4) is 0 Å². The fourth-order valence-corrected chi connectivity index (χ4v) is 1.79. The molecule has 0 spiro atoms. The van der Waals surface area contributed by atoms with Gasteiger partial charge >= 0.3 is 12.0 Å². The second kappa shape index (κ2) is 7.30. The molecule has 0 aromatic carbocycles. The minimum absolute atomic E-state index is 0.00241. The van der Waals surface area contributed by atoms with Crippen LogP contribution in [0.15, 0.2) is 0 Å². The fraction of sp³-hybridized carbons (Fsp3) is 0.833. The molecule has 0 aromatic heterocycles. The Balaban J connectivity index is 2.10. The van der Waals surface area contributed by atoms with E-state index in [9.17, 15) is 9.59 Å². The lowest BCUT2D eigenvalue weighted by Gasteiger charge is -2.16. The summed E-state index contributed by atoms with van der Waals surface area (Å²) in [6.07, 6.45) is 1.68. The van der Waals surface area contributed by atoms with Crippen molar-refractivity contribution in [2.75, 3.05) is 26.8 Å². The zero-order chi connectivity index (χ0) is 14.3. The predicted octanol–water partition coefficient (Wildman–Crippen LogP) is -0.0621. The summed E-state index contributed by atoms with van der Waals surface area (Å²) in [7, 11) is 1.66. The van der Waals surface area contributed by atoms with Gasteiger partial charge in [-0.25, -0.2) is 9.59 Å². The average Bonchev–Trinajstić information content (AvgIpc) is 3.14. The van der Waals surface area contributed by atoms with Gasteiger partial charge in [-0.15, -0.1) is 0 Å². The van der Waals surface area contributed by atoms with Crippen molar-refractivity contribution in [1.29, 1.82) is 0 Å². The Bertz CT molecular complexity index is 317. The number of carboxylic acid groups (broad SMARTS) is 1. The third kappa shape index (κ3) is 5.89. The summed E-state index contributed by atoms with van der Waals surface area (Å²) in [5.74, 6) is -1.28. The highest BCUT2D eigenvalue weighted by Gasteiger charge is 2.42. The van der Waals surface area contributed by atoms with Gasteiger partial charge in [-0.3, -0.25) is 0 Å². The lowest BCUT2D eigenvalue weighted by atomic mass is 10.0. The molecule has 1 aliphatic carbocycles. The number of hydrogen-bond donors (Lipinski definition) is 4. The molecule has 0 aliphatic heterocycles. The van der Waals surface area contributed by atoms with E-state index < -0.39 is 12.1 Å². The maximum atomic E-state index is 11.5. The van der Waals surface area contributed by atoms with Crippen LogP contribution in [0.2, 0.25) is 0 Å². The molecule has 1 aliphatic rings. The van der Waals surface area contributed by atoms with E-state index in [4.69, 9.17) is 14.9 Å². The number of aliphatic hydroxyl groups excluding tert-OH is 1. The number of aliphatic hydroxyl groups is 1. The number of rotatable bonds is 9. The number of carbonyl (C=O) groups excluding carboxylic acids is 1. The first-order valence-electron chi connectivity index (χ1n) is 6.41. The first kappa shape index (κ1) is 15.7. The highest BCUT2D eigenvalue weighted by Crippen LogP contribution is 2.48. The maximum Gasteiger partial charge on any atom is 0.332 e. The van der Waals surface area contributed by atoms with E-state index in [1.165, 1.54) is 0 Å². The molecule has 1 fully saturated rings. The summed E-state index contributed by atoms with van der Waals surface area (Å²) in [5, 5.41) is 22.8. The van der Waals surface area contributed by atoms with Gasteiger partial charge in [-0.2, -0.15) is 0 Å². The van der Waals surface area contributed by atoms with Gasteiger partial charge in [0.15, 0.2) is 6.10 Å². The number of methoxy groups -OCH3 is 1. The molecule has 7 nitrogen and oxygen atoms in total. The number of carbonyl (C=O) groups is 2. The normalized spacial score (nSPS) is 17.6. The highest BCUT2D eigenvalue weighted by atomic mass is 16.5. The zero-order valence-corrected chi connectivity index (χ0v) is 11.1. The summed E-state index contributed by atoms with van der Waals surface area (Å²) in [5.41, 5.74) is 0.175. The Labute approximate surface area is 112 Å². The molecule has 0 bridgehead atoms. The van der Waals surface area contributed by atoms with Gasteiger partial charge in [0.2, 0.25) is 0 Å². The standard InChI is InChI=1S/C12H22N2O5/c1-19-7-5-12(3-4-12)8-14-11(18)13-6-2-9(15)10(16)17/h9,15H,2-8H2,1H3,(H,16,17)(H2,13,14,18). The van der Waals surface area contributed by atoms with Crippen LogP contribution in [0.3, 0.4) is 0 Å². The molecule has 1 unspecified atom stereocenters. The molecule has 7 heteroatoms. The Morgan fingerprint density at radius 3 is 2.58 bits per heavy atom. The number of ether oxygens (including phenoxy) is 1.